The van der Waals surface area contributed by atoms with E-state index in [2.05, 4.69) is 4.98 Å². The maximum atomic E-state index is 12.8. The van der Waals surface area contributed by atoms with Crippen molar-refractivity contribution in [3.05, 3.63) is 42.1 Å². The number of ether oxygens (including phenoxy) is 2. The van der Waals surface area contributed by atoms with E-state index in [1.807, 2.05) is 0 Å². The first kappa shape index (κ1) is 21.2. The highest BCUT2D eigenvalue weighted by Crippen LogP contribution is 2.37. The summed E-state index contributed by atoms with van der Waals surface area (Å²) < 4.78 is 73.5. The van der Waals surface area contributed by atoms with Crippen LogP contribution in [0, 0.1) is 0 Å². The second-order valence-electron chi connectivity index (χ2n) is 6.59. The lowest BCUT2D eigenvalue weighted by atomic mass is 10.1. The lowest BCUT2D eigenvalue weighted by Crippen LogP contribution is -2.31. The van der Waals surface area contributed by atoms with E-state index in [0.29, 0.717) is 6.20 Å². The molecule has 0 N–H and O–H groups in total. The van der Waals surface area contributed by atoms with Crippen LogP contribution in [-0.4, -0.2) is 39.0 Å². The van der Waals surface area contributed by atoms with E-state index < -0.39 is 27.2 Å². The molecule has 0 aliphatic carbocycles. The van der Waals surface area contributed by atoms with E-state index >= 15 is 0 Å². The Balaban J connectivity index is 2.55. The molecule has 1 aromatic heterocycles. The number of sulfone groups is 1. The summed E-state index contributed by atoms with van der Waals surface area (Å²) in [6.45, 7) is 3.54. The highest BCUT2D eigenvalue weighted by atomic mass is 32.2. The number of methoxy groups -OCH3 is 1. The van der Waals surface area contributed by atoms with Crippen LogP contribution in [0.5, 0.6) is 5.75 Å². The molecule has 27 heavy (non-hydrogen) atoms. The van der Waals surface area contributed by atoms with Crippen LogP contribution in [0.1, 0.15) is 19.4 Å². The second kappa shape index (κ2) is 7.47. The van der Waals surface area contributed by atoms with Crippen LogP contribution in [-0.2, 0) is 20.8 Å². The number of nitrogens with zero attached hydrogens (tertiary/aromatic N) is 1. The number of aromatic nitrogens is 1. The van der Waals surface area contributed by atoms with Gasteiger partial charge in [-0.3, -0.25) is 4.98 Å². The summed E-state index contributed by atoms with van der Waals surface area (Å²) in [5.41, 5.74) is -1.15. The summed E-state index contributed by atoms with van der Waals surface area (Å²) in [7, 11) is -2.15. The molecule has 0 saturated carbocycles. The van der Waals surface area contributed by atoms with E-state index in [4.69, 9.17) is 9.47 Å². The van der Waals surface area contributed by atoms with Gasteiger partial charge in [-0.1, -0.05) is 6.07 Å². The molecule has 2 rings (SSSR count). The number of benzene rings is 1. The van der Waals surface area contributed by atoms with Crippen LogP contribution >= 0.6 is 0 Å². The molecule has 9 heteroatoms. The fourth-order valence-corrected chi connectivity index (χ4v) is 3.02. The third-order valence-electron chi connectivity index (χ3n) is 3.86. The quantitative estimate of drug-likeness (QED) is 0.730. The number of rotatable bonds is 6. The molecule has 0 unspecified atom stereocenters. The highest BCUT2D eigenvalue weighted by Gasteiger charge is 2.31. The molecule has 0 atom stereocenters. The molecule has 1 heterocycles. The number of para-hydroxylation sites is 1. The van der Waals surface area contributed by atoms with Crippen molar-refractivity contribution in [2.45, 2.75) is 30.5 Å². The minimum Gasteiger partial charge on any atom is -0.489 e. The standard InChI is InChI=1S/C18H20F3NO4S/c1-17(2,25-3)11-26-16-13(6-5-7-15(16)27(4,23)24)14-9-8-12(10-22-14)18(19,20)21/h5-10H,11H2,1-4H3. The van der Waals surface area contributed by atoms with E-state index in [1.54, 1.807) is 19.9 Å². The van der Waals surface area contributed by atoms with Crippen molar-refractivity contribution in [2.24, 2.45) is 0 Å². The van der Waals surface area contributed by atoms with Crippen molar-refractivity contribution in [1.29, 1.82) is 0 Å². The monoisotopic (exact) mass is 403 g/mol. The normalized spacial score (nSPS) is 12.9. The first-order valence-electron chi connectivity index (χ1n) is 7.90. The van der Waals surface area contributed by atoms with Crippen molar-refractivity contribution >= 4 is 9.84 Å². The van der Waals surface area contributed by atoms with Crippen molar-refractivity contribution in [3.8, 4) is 17.0 Å². The number of halogens is 3. The largest absolute Gasteiger partial charge is 0.489 e. The van der Waals surface area contributed by atoms with Gasteiger partial charge in [-0.2, -0.15) is 13.2 Å². The summed E-state index contributed by atoms with van der Waals surface area (Å²) in [6.07, 6.45) is -2.78. The Bertz CT molecular complexity index is 907. The predicted octanol–water partition coefficient (Wildman–Crippen LogP) is 3.97. The Labute approximate surface area is 156 Å². The molecule has 0 bridgehead atoms. The Hall–Kier alpha value is -2.13. The van der Waals surface area contributed by atoms with Gasteiger partial charge in [0.2, 0.25) is 0 Å². The molecule has 0 saturated heterocycles. The zero-order chi connectivity index (χ0) is 20.5. The molecule has 148 valence electrons. The number of hydrogen-bond donors (Lipinski definition) is 0. The van der Waals surface area contributed by atoms with Gasteiger partial charge < -0.3 is 9.47 Å². The fraction of sp³-hybridized carbons (Fsp3) is 0.389. The maximum absolute atomic E-state index is 12.8. The molecule has 0 aliphatic rings. The second-order valence-corrected chi connectivity index (χ2v) is 8.57. The third-order valence-corrected chi connectivity index (χ3v) is 4.98. The molecular formula is C18H20F3NO4S. The molecule has 5 nitrogen and oxygen atoms in total. The molecule has 0 fully saturated rings. The van der Waals surface area contributed by atoms with Crippen molar-refractivity contribution < 1.29 is 31.1 Å². The molecule has 0 amide bonds. The van der Waals surface area contributed by atoms with Gasteiger partial charge in [0.05, 0.1) is 16.9 Å². The van der Waals surface area contributed by atoms with Crippen LogP contribution in [0.3, 0.4) is 0 Å². The zero-order valence-electron chi connectivity index (χ0n) is 15.3. The Morgan fingerprint density at radius 1 is 1.11 bits per heavy atom. The van der Waals surface area contributed by atoms with Gasteiger partial charge in [0, 0.05) is 25.1 Å². The van der Waals surface area contributed by atoms with Gasteiger partial charge in [0.1, 0.15) is 17.3 Å². The first-order valence-corrected chi connectivity index (χ1v) is 9.79. The maximum Gasteiger partial charge on any atom is 0.417 e. The Morgan fingerprint density at radius 2 is 1.78 bits per heavy atom. The van der Waals surface area contributed by atoms with Crippen LogP contribution in [0.25, 0.3) is 11.3 Å². The van der Waals surface area contributed by atoms with Crippen molar-refractivity contribution in [1.82, 2.24) is 4.98 Å². The topological polar surface area (TPSA) is 65.5 Å². The number of alkyl halides is 3. The van der Waals surface area contributed by atoms with E-state index in [9.17, 15) is 21.6 Å². The Kier molecular flexibility index (Phi) is 5.86. The lowest BCUT2D eigenvalue weighted by Gasteiger charge is -2.24. The molecule has 0 aliphatic heterocycles. The van der Waals surface area contributed by atoms with E-state index in [-0.39, 0.29) is 28.5 Å². The van der Waals surface area contributed by atoms with Gasteiger partial charge in [-0.25, -0.2) is 8.42 Å². The average molecular weight is 403 g/mol. The van der Waals surface area contributed by atoms with Crippen molar-refractivity contribution in [3.63, 3.8) is 0 Å². The van der Waals surface area contributed by atoms with Crippen LogP contribution in [0.2, 0.25) is 0 Å². The fourth-order valence-electron chi connectivity index (χ4n) is 2.18. The van der Waals surface area contributed by atoms with Gasteiger partial charge >= 0.3 is 6.18 Å². The summed E-state index contributed by atoms with van der Waals surface area (Å²) >= 11 is 0. The SMILES string of the molecule is COC(C)(C)COc1c(-c2ccc(C(F)(F)F)cn2)cccc1S(C)(=O)=O. The summed E-state index contributed by atoms with van der Waals surface area (Å²) in [6, 6.07) is 6.47. The van der Waals surface area contributed by atoms with E-state index in [0.717, 1.165) is 12.3 Å². The third kappa shape index (κ3) is 5.20. The molecule has 0 spiro atoms. The van der Waals surface area contributed by atoms with Crippen LogP contribution < -0.4 is 4.74 Å². The number of pyridine rings is 1. The van der Waals surface area contributed by atoms with Crippen LogP contribution in [0.4, 0.5) is 13.2 Å². The minimum atomic E-state index is -4.51. The summed E-state index contributed by atoms with van der Waals surface area (Å²) in [5, 5.41) is 0. The lowest BCUT2D eigenvalue weighted by molar-refractivity contribution is -0.137. The average Bonchev–Trinajstić information content (AvgIpc) is 2.58. The van der Waals surface area contributed by atoms with Crippen LogP contribution in [0.15, 0.2) is 41.4 Å². The van der Waals surface area contributed by atoms with Gasteiger partial charge in [0.25, 0.3) is 0 Å². The minimum absolute atomic E-state index is 0.0254. The Morgan fingerprint density at radius 3 is 2.26 bits per heavy atom. The smallest absolute Gasteiger partial charge is 0.417 e. The van der Waals surface area contributed by atoms with Gasteiger partial charge in [-0.05, 0) is 38.1 Å². The molecule has 2 aromatic rings. The summed E-state index contributed by atoms with van der Waals surface area (Å²) in [4.78, 5) is 3.76. The van der Waals surface area contributed by atoms with Gasteiger partial charge in [-0.15, -0.1) is 0 Å². The highest BCUT2D eigenvalue weighted by molar-refractivity contribution is 7.90. The number of hydrogen-bond acceptors (Lipinski definition) is 5. The molecular weight excluding hydrogens is 383 g/mol. The molecule has 0 radical (unpaired) electrons. The van der Waals surface area contributed by atoms with E-state index in [1.165, 1.54) is 25.3 Å². The predicted molar refractivity (Wildman–Crippen MR) is 94.4 cm³/mol. The summed E-state index contributed by atoms with van der Waals surface area (Å²) in [5.74, 6) is 0.0254. The zero-order valence-corrected chi connectivity index (χ0v) is 16.1. The van der Waals surface area contributed by atoms with Crippen molar-refractivity contribution in [2.75, 3.05) is 20.0 Å². The van der Waals surface area contributed by atoms with Gasteiger partial charge in [0.15, 0.2) is 9.84 Å². The molecule has 1 aromatic carbocycles. The first-order chi connectivity index (χ1) is 12.3.